The molecule has 0 spiro atoms. The van der Waals surface area contributed by atoms with E-state index >= 15 is 0 Å². The van der Waals surface area contributed by atoms with Crippen molar-refractivity contribution in [3.05, 3.63) is 100 Å². The van der Waals surface area contributed by atoms with Gasteiger partial charge in [-0.1, -0.05) is 77.5 Å². The first kappa shape index (κ1) is 21.3. The van der Waals surface area contributed by atoms with Gasteiger partial charge in [-0.3, -0.25) is 4.79 Å². The van der Waals surface area contributed by atoms with Gasteiger partial charge in [-0.25, -0.2) is 9.97 Å². The molecule has 1 amide bonds. The average molecular weight is 448 g/mol. The molecular formula is C25H22ClN3OS. The number of aryl methyl sites for hydroxylation is 1. The molecule has 156 valence electrons. The SMILES string of the molecule is Cc1ccc(CNC(=O)CSc2nc3ccccc3nc2Cc2ccc(Cl)cc2)cc1. The highest BCUT2D eigenvalue weighted by Crippen LogP contribution is 2.25. The summed E-state index contributed by atoms with van der Waals surface area (Å²) in [5.74, 6) is 0.255. The molecule has 4 rings (SSSR count). The van der Waals surface area contributed by atoms with E-state index in [1.54, 1.807) is 0 Å². The Bertz CT molecular complexity index is 1190. The Morgan fingerprint density at radius 1 is 0.903 bits per heavy atom. The molecule has 0 saturated heterocycles. The van der Waals surface area contributed by atoms with Crippen molar-refractivity contribution in [1.29, 1.82) is 0 Å². The van der Waals surface area contributed by atoms with Crippen LogP contribution < -0.4 is 5.32 Å². The van der Waals surface area contributed by atoms with Gasteiger partial charge in [0, 0.05) is 18.0 Å². The fourth-order valence-corrected chi connectivity index (χ4v) is 4.08. The van der Waals surface area contributed by atoms with Gasteiger partial charge in [0.2, 0.25) is 5.91 Å². The highest BCUT2D eigenvalue weighted by Gasteiger charge is 2.13. The molecule has 0 aliphatic carbocycles. The Balaban J connectivity index is 1.47. The molecule has 6 heteroatoms. The van der Waals surface area contributed by atoms with Crippen molar-refractivity contribution in [3.63, 3.8) is 0 Å². The molecule has 3 aromatic carbocycles. The third-order valence-corrected chi connectivity index (χ3v) is 6.10. The monoisotopic (exact) mass is 447 g/mol. The Labute approximate surface area is 191 Å². The summed E-state index contributed by atoms with van der Waals surface area (Å²) in [5, 5.41) is 4.46. The molecular weight excluding hydrogens is 426 g/mol. The molecule has 4 nitrogen and oxygen atoms in total. The third kappa shape index (κ3) is 5.84. The van der Waals surface area contributed by atoms with Crippen LogP contribution in [0, 0.1) is 6.92 Å². The summed E-state index contributed by atoms with van der Waals surface area (Å²) in [6.07, 6.45) is 0.627. The maximum Gasteiger partial charge on any atom is 0.230 e. The lowest BCUT2D eigenvalue weighted by Crippen LogP contribution is -2.24. The minimum absolute atomic E-state index is 0.0297. The first-order valence-corrected chi connectivity index (χ1v) is 11.4. The van der Waals surface area contributed by atoms with Crippen molar-refractivity contribution in [2.24, 2.45) is 0 Å². The van der Waals surface area contributed by atoms with Crippen molar-refractivity contribution in [1.82, 2.24) is 15.3 Å². The lowest BCUT2D eigenvalue weighted by atomic mass is 10.1. The fourth-order valence-electron chi connectivity index (χ4n) is 3.14. The van der Waals surface area contributed by atoms with Crippen molar-refractivity contribution in [3.8, 4) is 0 Å². The number of benzene rings is 3. The zero-order valence-electron chi connectivity index (χ0n) is 17.1. The smallest absolute Gasteiger partial charge is 0.230 e. The second-order valence-electron chi connectivity index (χ2n) is 7.32. The minimum Gasteiger partial charge on any atom is -0.351 e. The third-order valence-electron chi connectivity index (χ3n) is 4.84. The number of nitrogens with one attached hydrogen (secondary N) is 1. The molecule has 0 bridgehead atoms. The first-order valence-electron chi connectivity index (χ1n) is 10.0. The van der Waals surface area contributed by atoms with E-state index in [0.717, 1.165) is 32.9 Å². The summed E-state index contributed by atoms with van der Waals surface area (Å²) in [6, 6.07) is 23.7. The second kappa shape index (κ2) is 9.94. The molecule has 31 heavy (non-hydrogen) atoms. The van der Waals surface area contributed by atoms with E-state index in [9.17, 15) is 4.79 Å². The Morgan fingerprint density at radius 2 is 1.55 bits per heavy atom. The lowest BCUT2D eigenvalue weighted by Gasteiger charge is -2.10. The van der Waals surface area contributed by atoms with E-state index < -0.39 is 0 Å². The van der Waals surface area contributed by atoms with E-state index in [2.05, 4.69) is 5.32 Å². The van der Waals surface area contributed by atoms with Crippen molar-refractivity contribution < 1.29 is 4.79 Å². The largest absolute Gasteiger partial charge is 0.351 e. The molecule has 0 radical (unpaired) electrons. The van der Waals surface area contributed by atoms with E-state index in [4.69, 9.17) is 21.6 Å². The summed E-state index contributed by atoms with van der Waals surface area (Å²) < 4.78 is 0. The van der Waals surface area contributed by atoms with Crippen LogP contribution in [0.1, 0.15) is 22.4 Å². The number of hydrogen-bond donors (Lipinski definition) is 1. The number of aromatic nitrogens is 2. The van der Waals surface area contributed by atoms with Gasteiger partial charge >= 0.3 is 0 Å². The Morgan fingerprint density at radius 3 is 2.26 bits per heavy atom. The van der Waals surface area contributed by atoms with Crippen LogP contribution in [0.5, 0.6) is 0 Å². The highest BCUT2D eigenvalue weighted by molar-refractivity contribution is 7.99. The molecule has 0 unspecified atom stereocenters. The quantitative estimate of drug-likeness (QED) is 0.375. The van der Waals surface area contributed by atoms with Gasteiger partial charge in [-0.05, 0) is 42.3 Å². The number of para-hydroxylation sites is 2. The molecule has 0 saturated carbocycles. The number of thioether (sulfide) groups is 1. The summed E-state index contributed by atoms with van der Waals surface area (Å²) in [6.45, 7) is 2.56. The van der Waals surface area contributed by atoms with Crippen LogP contribution >= 0.6 is 23.4 Å². The molecule has 1 heterocycles. The van der Waals surface area contributed by atoms with Crippen LogP contribution in [0.3, 0.4) is 0 Å². The average Bonchev–Trinajstić information content (AvgIpc) is 2.78. The van der Waals surface area contributed by atoms with Crippen LogP contribution in [-0.2, 0) is 17.8 Å². The molecule has 0 atom stereocenters. The van der Waals surface area contributed by atoms with Gasteiger partial charge in [0.05, 0.1) is 22.5 Å². The number of carbonyl (C=O) groups is 1. The van der Waals surface area contributed by atoms with Crippen molar-refractivity contribution in [2.45, 2.75) is 24.9 Å². The number of halogens is 1. The number of nitrogens with zero attached hydrogens (tertiary/aromatic N) is 2. The predicted octanol–water partition coefficient (Wildman–Crippen LogP) is 5.59. The topological polar surface area (TPSA) is 54.9 Å². The van der Waals surface area contributed by atoms with Crippen LogP contribution in [-0.4, -0.2) is 21.6 Å². The lowest BCUT2D eigenvalue weighted by molar-refractivity contribution is -0.118. The van der Waals surface area contributed by atoms with E-state index in [-0.39, 0.29) is 11.7 Å². The number of amides is 1. The van der Waals surface area contributed by atoms with Crippen molar-refractivity contribution in [2.75, 3.05) is 5.75 Å². The molecule has 0 fully saturated rings. The summed E-state index contributed by atoms with van der Waals surface area (Å²) in [7, 11) is 0. The molecule has 4 aromatic rings. The molecule has 1 aromatic heterocycles. The second-order valence-corrected chi connectivity index (χ2v) is 8.72. The first-order chi connectivity index (χ1) is 15.1. The van der Waals surface area contributed by atoms with Crippen LogP contribution in [0.4, 0.5) is 0 Å². The maximum atomic E-state index is 12.4. The zero-order valence-corrected chi connectivity index (χ0v) is 18.7. The maximum absolute atomic E-state index is 12.4. The highest BCUT2D eigenvalue weighted by atomic mass is 35.5. The normalized spacial score (nSPS) is 10.9. The van der Waals surface area contributed by atoms with Gasteiger partial charge < -0.3 is 5.32 Å². The number of fused-ring (bicyclic) bond motifs is 1. The zero-order chi connectivity index (χ0) is 21.6. The molecule has 0 aliphatic rings. The van der Waals surface area contributed by atoms with Crippen LogP contribution in [0.2, 0.25) is 5.02 Å². The Hall–Kier alpha value is -2.89. The number of rotatable bonds is 7. The summed E-state index contributed by atoms with van der Waals surface area (Å²) in [4.78, 5) is 22.0. The van der Waals surface area contributed by atoms with E-state index in [1.165, 1.54) is 17.3 Å². The predicted molar refractivity (Wildman–Crippen MR) is 128 cm³/mol. The van der Waals surface area contributed by atoms with Crippen LogP contribution in [0.25, 0.3) is 11.0 Å². The number of hydrogen-bond acceptors (Lipinski definition) is 4. The summed E-state index contributed by atoms with van der Waals surface area (Å²) in [5.41, 5.74) is 5.91. The van der Waals surface area contributed by atoms with Crippen LogP contribution in [0.15, 0.2) is 77.8 Å². The van der Waals surface area contributed by atoms with Gasteiger partial charge in [-0.15, -0.1) is 0 Å². The van der Waals surface area contributed by atoms with Gasteiger partial charge in [-0.2, -0.15) is 0 Å². The summed E-state index contributed by atoms with van der Waals surface area (Å²) >= 11 is 7.43. The molecule has 0 aliphatic heterocycles. The molecule has 1 N–H and O–H groups in total. The Kier molecular flexibility index (Phi) is 6.85. The van der Waals surface area contributed by atoms with E-state index in [0.29, 0.717) is 18.0 Å². The van der Waals surface area contributed by atoms with Crippen molar-refractivity contribution >= 4 is 40.3 Å². The number of carbonyl (C=O) groups excluding carboxylic acids is 1. The minimum atomic E-state index is -0.0297. The standard InChI is InChI=1S/C25H22ClN3OS/c1-17-6-8-19(9-7-17)15-27-24(30)16-31-25-23(14-18-10-12-20(26)13-11-18)28-21-4-2-3-5-22(21)29-25/h2-13H,14-16H2,1H3,(H,27,30). The van der Waals surface area contributed by atoms with Gasteiger partial charge in [0.15, 0.2) is 0 Å². The van der Waals surface area contributed by atoms with Gasteiger partial charge in [0.1, 0.15) is 5.03 Å². The van der Waals surface area contributed by atoms with E-state index in [1.807, 2.05) is 79.7 Å². The fraction of sp³-hybridized carbons (Fsp3) is 0.160. The van der Waals surface area contributed by atoms with Gasteiger partial charge in [0.25, 0.3) is 0 Å².